The minimum Gasteiger partial charge on any atom is -0.368 e. The van der Waals surface area contributed by atoms with Gasteiger partial charge in [0.25, 0.3) is 0 Å². The molecule has 1 aliphatic rings. The smallest absolute Gasteiger partial charge is 0.101 e. The third kappa shape index (κ3) is 2.59. The van der Waals surface area contributed by atoms with Gasteiger partial charge < -0.3 is 9.80 Å². The van der Waals surface area contributed by atoms with Gasteiger partial charge in [0.15, 0.2) is 0 Å². The van der Waals surface area contributed by atoms with Crippen molar-refractivity contribution >= 4 is 5.69 Å². The monoisotopic (exact) mass is 229 g/mol. The van der Waals surface area contributed by atoms with Gasteiger partial charge in [0.05, 0.1) is 11.3 Å². The Bertz CT molecular complexity index is 426. The van der Waals surface area contributed by atoms with Gasteiger partial charge in [-0.15, -0.1) is 0 Å². The van der Waals surface area contributed by atoms with Gasteiger partial charge in [-0.1, -0.05) is 13.0 Å². The van der Waals surface area contributed by atoms with E-state index in [2.05, 4.69) is 35.8 Å². The van der Waals surface area contributed by atoms with Crippen LogP contribution in [0.2, 0.25) is 0 Å². The summed E-state index contributed by atoms with van der Waals surface area (Å²) in [4.78, 5) is 4.77. The highest BCUT2D eigenvalue weighted by molar-refractivity contribution is 5.60. The first kappa shape index (κ1) is 11.9. The molecule has 1 aliphatic heterocycles. The van der Waals surface area contributed by atoms with Gasteiger partial charge in [-0.25, -0.2) is 0 Å². The Morgan fingerprint density at radius 3 is 2.53 bits per heavy atom. The third-order valence-electron chi connectivity index (χ3n) is 3.43. The molecular weight excluding hydrogens is 210 g/mol. The molecule has 1 saturated heterocycles. The Kier molecular flexibility index (Phi) is 3.65. The average molecular weight is 229 g/mol. The predicted octanol–water partition coefficient (Wildman–Crippen LogP) is 2.01. The molecule has 1 fully saturated rings. The van der Waals surface area contributed by atoms with Crippen molar-refractivity contribution in [3.05, 3.63) is 29.3 Å². The molecule has 0 N–H and O–H groups in total. The summed E-state index contributed by atoms with van der Waals surface area (Å²) in [7, 11) is 0. The van der Waals surface area contributed by atoms with Crippen LogP contribution in [0.25, 0.3) is 0 Å². The van der Waals surface area contributed by atoms with Crippen LogP contribution in [0.15, 0.2) is 18.2 Å². The number of aryl methyl sites for hydroxylation is 1. The minimum atomic E-state index is 0.792. The molecule has 0 bridgehead atoms. The van der Waals surface area contributed by atoms with E-state index in [4.69, 9.17) is 5.26 Å². The molecule has 0 radical (unpaired) electrons. The number of hydrogen-bond donors (Lipinski definition) is 0. The average Bonchev–Trinajstić information content (AvgIpc) is 2.39. The molecule has 3 nitrogen and oxygen atoms in total. The number of benzene rings is 1. The summed E-state index contributed by atoms with van der Waals surface area (Å²) < 4.78 is 0. The van der Waals surface area contributed by atoms with E-state index in [1.54, 1.807) is 0 Å². The van der Waals surface area contributed by atoms with Gasteiger partial charge in [-0.3, -0.25) is 0 Å². The van der Waals surface area contributed by atoms with Crippen LogP contribution in [0.4, 0.5) is 5.69 Å². The van der Waals surface area contributed by atoms with E-state index in [9.17, 15) is 0 Å². The second-order valence-electron chi connectivity index (χ2n) is 4.55. The van der Waals surface area contributed by atoms with Crippen LogP contribution in [0.3, 0.4) is 0 Å². The molecule has 1 aromatic rings. The number of hydrogen-bond acceptors (Lipinski definition) is 3. The van der Waals surface area contributed by atoms with Crippen molar-refractivity contribution in [2.24, 2.45) is 0 Å². The lowest BCUT2D eigenvalue weighted by Gasteiger charge is -2.36. The van der Waals surface area contributed by atoms with Gasteiger partial charge in [0.1, 0.15) is 6.07 Å². The molecule has 3 heteroatoms. The van der Waals surface area contributed by atoms with E-state index >= 15 is 0 Å². The highest BCUT2D eigenvalue weighted by atomic mass is 15.3. The second kappa shape index (κ2) is 5.20. The standard InChI is InChI=1S/C14H19N3/c1-3-16-6-8-17(9-7-16)14-10-12(2)4-5-13(14)11-15/h4-5,10H,3,6-9H2,1-2H3. The van der Waals surface area contributed by atoms with E-state index in [1.165, 1.54) is 5.56 Å². The lowest BCUT2D eigenvalue weighted by molar-refractivity contribution is 0.271. The fraction of sp³-hybridized carbons (Fsp3) is 0.500. The Labute approximate surface area is 103 Å². The largest absolute Gasteiger partial charge is 0.368 e. The summed E-state index contributed by atoms with van der Waals surface area (Å²) in [6.07, 6.45) is 0. The van der Waals surface area contributed by atoms with Gasteiger partial charge in [0.2, 0.25) is 0 Å². The molecule has 0 saturated carbocycles. The summed E-state index contributed by atoms with van der Waals surface area (Å²) in [6, 6.07) is 8.35. The number of rotatable bonds is 2. The van der Waals surface area contributed by atoms with Crippen molar-refractivity contribution in [3.8, 4) is 6.07 Å². The van der Waals surface area contributed by atoms with Crippen molar-refractivity contribution in [2.45, 2.75) is 13.8 Å². The molecule has 17 heavy (non-hydrogen) atoms. The zero-order valence-electron chi connectivity index (χ0n) is 10.6. The third-order valence-corrected chi connectivity index (χ3v) is 3.43. The predicted molar refractivity (Wildman–Crippen MR) is 70.2 cm³/mol. The van der Waals surface area contributed by atoms with Crippen LogP contribution in [0, 0.1) is 18.3 Å². The maximum Gasteiger partial charge on any atom is 0.101 e. The van der Waals surface area contributed by atoms with Crippen molar-refractivity contribution in [1.29, 1.82) is 5.26 Å². The lowest BCUT2D eigenvalue weighted by Crippen LogP contribution is -2.46. The Hall–Kier alpha value is -1.53. The molecule has 0 aliphatic carbocycles. The minimum absolute atomic E-state index is 0.792. The molecule has 0 amide bonds. The normalized spacial score (nSPS) is 16.9. The molecule has 2 rings (SSSR count). The summed E-state index contributed by atoms with van der Waals surface area (Å²) in [6.45, 7) is 9.62. The maximum absolute atomic E-state index is 9.15. The van der Waals surface area contributed by atoms with Crippen molar-refractivity contribution < 1.29 is 0 Å². The first-order valence-corrected chi connectivity index (χ1v) is 6.22. The first-order chi connectivity index (χ1) is 8.24. The van der Waals surface area contributed by atoms with Gasteiger partial charge in [0, 0.05) is 26.2 Å². The zero-order chi connectivity index (χ0) is 12.3. The molecule has 0 aromatic heterocycles. The Balaban J connectivity index is 2.18. The maximum atomic E-state index is 9.15. The molecule has 0 atom stereocenters. The van der Waals surface area contributed by atoms with Crippen LogP contribution in [0.5, 0.6) is 0 Å². The molecule has 1 aromatic carbocycles. The Morgan fingerprint density at radius 1 is 1.24 bits per heavy atom. The first-order valence-electron chi connectivity index (χ1n) is 6.22. The summed E-state index contributed by atoms with van der Waals surface area (Å²) in [5, 5.41) is 9.15. The van der Waals surface area contributed by atoms with Crippen molar-refractivity contribution in [3.63, 3.8) is 0 Å². The van der Waals surface area contributed by atoms with E-state index < -0.39 is 0 Å². The van der Waals surface area contributed by atoms with Crippen LogP contribution in [0.1, 0.15) is 18.1 Å². The highest BCUT2D eigenvalue weighted by Crippen LogP contribution is 2.22. The molecule has 0 unspecified atom stereocenters. The van der Waals surface area contributed by atoms with Crippen molar-refractivity contribution in [1.82, 2.24) is 4.90 Å². The van der Waals surface area contributed by atoms with Crippen LogP contribution >= 0.6 is 0 Å². The molecule has 90 valence electrons. The number of likely N-dealkylation sites (N-methyl/N-ethyl adjacent to an activating group) is 1. The number of anilines is 1. The Morgan fingerprint density at radius 2 is 1.94 bits per heavy atom. The quantitative estimate of drug-likeness (QED) is 0.777. The molecular formula is C14H19N3. The fourth-order valence-electron chi connectivity index (χ4n) is 2.30. The van der Waals surface area contributed by atoms with Crippen molar-refractivity contribution in [2.75, 3.05) is 37.6 Å². The second-order valence-corrected chi connectivity index (χ2v) is 4.55. The zero-order valence-corrected chi connectivity index (χ0v) is 10.6. The number of piperazine rings is 1. The highest BCUT2D eigenvalue weighted by Gasteiger charge is 2.18. The van der Waals surface area contributed by atoms with Gasteiger partial charge >= 0.3 is 0 Å². The van der Waals surface area contributed by atoms with Crippen LogP contribution in [-0.4, -0.2) is 37.6 Å². The molecule has 0 spiro atoms. The summed E-state index contributed by atoms with van der Waals surface area (Å²) in [5.74, 6) is 0. The van der Waals surface area contributed by atoms with E-state index in [0.717, 1.165) is 44.0 Å². The van der Waals surface area contributed by atoms with E-state index in [1.807, 2.05) is 12.1 Å². The topological polar surface area (TPSA) is 30.3 Å². The number of nitrogens with zero attached hydrogens (tertiary/aromatic N) is 3. The van der Waals surface area contributed by atoms with Gasteiger partial charge in [-0.05, 0) is 31.2 Å². The summed E-state index contributed by atoms with van der Waals surface area (Å²) in [5.41, 5.74) is 3.11. The molecule has 1 heterocycles. The summed E-state index contributed by atoms with van der Waals surface area (Å²) >= 11 is 0. The number of nitriles is 1. The SMILES string of the molecule is CCN1CCN(c2cc(C)ccc2C#N)CC1. The van der Waals surface area contributed by atoms with Crippen LogP contribution < -0.4 is 4.90 Å². The lowest BCUT2D eigenvalue weighted by atomic mass is 10.1. The van der Waals surface area contributed by atoms with Gasteiger partial charge in [-0.2, -0.15) is 5.26 Å². The van der Waals surface area contributed by atoms with E-state index in [0.29, 0.717) is 0 Å². The van der Waals surface area contributed by atoms with E-state index in [-0.39, 0.29) is 0 Å². The fourth-order valence-corrected chi connectivity index (χ4v) is 2.30. The van der Waals surface area contributed by atoms with Crippen LogP contribution in [-0.2, 0) is 0 Å².